The van der Waals surface area contributed by atoms with Crippen molar-refractivity contribution in [1.29, 1.82) is 0 Å². The van der Waals surface area contributed by atoms with Gasteiger partial charge < -0.3 is 15.0 Å². The fourth-order valence-corrected chi connectivity index (χ4v) is 3.93. The minimum atomic E-state index is 0.177. The zero-order chi connectivity index (χ0) is 18.6. The molecule has 6 heteroatoms. The molecule has 1 fully saturated rings. The van der Waals surface area contributed by atoms with Gasteiger partial charge in [0.15, 0.2) is 0 Å². The van der Waals surface area contributed by atoms with Crippen molar-refractivity contribution in [1.82, 2.24) is 20.2 Å². The van der Waals surface area contributed by atoms with Gasteiger partial charge in [-0.25, -0.2) is 9.97 Å². The summed E-state index contributed by atoms with van der Waals surface area (Å²) in [5, 5.41) is 3.37. The van der Waals surface area contributed by atoms with Crippen LogP contribution in [0.3, 0.4) is 0 Å². The molecule has 1 saturated heterocycles. The fraction of sp³-hybridized carbons (Fsp3) is 0.476. The van der Waals surface area contributed by atoms with E-state index in [9.17, 15) is 4.79 Å². The van der Waals surface area contributed by atoms with Crippen LogP contribution in [-0.4, -0.2) is 47.5 Å². The average Bonchev–Trinajstić information content (AvgIpc) is 3.26. The lowest BCUT2D eigenvalue weighted by Gasteiger charge is -2.28. The van der Waals surface area contributed by atoms with Crippen LogP contribution in [0.25, 0.3) is 0 Å². The van der Waals surface area contributed by atoms with Crippen LogP contribution in [0.1, 0.15) is 41.4 Å². The zero-order valence-electron chi connectivity index (χ0n) is 15.8. The topological polar surface area (TPSA) is 67.3 Å². The number of nitrogens with zero attached hydrogens (tertiary/aromatic N) is 3. The lowest BCUT2D eigenvalue weighted by atomic mass is 10.0. The van der Waals surface area contributed by atoms with Gasteiger partial charge in [0.2, 0.25) is 5.91 Å². The molecule has 0 radical (unpaired) electrons. The number of rotatable bonds is 5. The molecule has 1 amide bonds. The number of carbonyl (C=O) groups is 1. The van der Waals surface area contributed by atoms with Gasteiger partial charge in [0.1, 0.15) is 11.6 Å². The van der Waals surface area contributed by atoms with Gasteiger partial charge in [-0.2, -0.15) is 0 Å². The Labute approximate surface area is 160 Å². The molecule has 3 heterocycles. The van der Waals surface area contributed by atoms with Gasteiger partial charge in [0.25, 0.3) is 0 Å². The molecule has 0 bridgehead atoms. The standard InChI is InChI=1S/C21H26N4O2/c1-27-19-5-3-2-4-15(19)6-7-20(26)25-11-9-18-17(14-25)13-23-21(24-18)16-8-10-22-12-16/h2-5,13,16,22H,6-12,14H2,1H3/t16-/m1/s1. The number of carbonyl (C=O) groups excluding carboxylic acids is 1. The molecule has 0 saturated carbocycles. The first kappa shape index (κ1) is 17.9. The molecule has 1 N–H and O–H groups in total. The smallest absolute Gasteiger partial charge is 0.223 e. The second-order valence-corrected chi connectivity index (χ2v) is 7.27. The number of ether oxygens (including phenoxy) is 1. The number of benzene rings is 1. The number of nitrogens with one attached hydrogen (secondary N) is 1. The largest absolute Gasteiger partial charge is 0.496 e. The number of aromatic nitrogens is 2. The Morgan fingerprint density at radius 2 is 2.26 bits per heavy atom. The zero-order valence-corrected chi connectivity index (χ0v) is 15.8. The Balaban J connectivity index is 1.38. The van der Waals surface area contributed by atoms with E-state index < -0.39 is 0 Å². The Bertz CT molecular complexity index is 818. The molecule has 6 nitrogen and oxygen atoms in total. The third kappa shape index (κ3) is 3.95. The van der Waals surface area contributed by atoms with E-state index in [0.29, 0.717) is 25.3 Å². The van der Waals surface area contributed by atoms with Crippen molar-refractivity contribution in [2.45, 2.75) is 38.1 Å². The Morgan fingerprint density at radius 1 is 1.37 bits per heavy atom. The molecule has 2 aliphatic heterocycles. The quantitative estimate of drug-likeness (QED) is 0.878. The van der Waals surface area contributed by atoms with Crippen molar-refractivity contribution in [3.63, 3.8) is 0 Å². The summed E-state index contributed by atoms with van der Waals surface area (Å²) in [5.41, 5.74) is 3.27. The van der Waals surface area contributed by atoms with E-state index in [2.05, 4.69) is 10.3 Å². The Hall–Kier alpha value is -2.47. The molecule has 4 rings (SSSR count). The van der Waals surface area contributed by atoms with Gasteiger partial charge in [-0.3, -0.25) is 4.79 Å². The number of hydrogen-bond acceptors (Lipinski definition) is 5. The van der Waals surface area contributed by atoms with Crippen molar-refractivity contribution in [3.8, 4) is 5.75 Å². The monoisotopic (exact) mass is 366 g/mol. The van der Waals surface area contributed by atoms with Crippen molar-refractivity contribution < 1.29 is 9.53 Å². The van der Waals surface area contributed by atoms with E-state index in [1.807, 2.05) is 35.4 Å². The summed E-state index contributed by atoms with van der Waals surface area (Å²) < 4.78 is 5.38. The first-order valence-electron chi connectivity index (χ1n) is 9.69. The third-order valence-corrected chi connectivity index (χ3v) is 5.53. The molecular weight excluding hydrogens is 340 g/mol. The van der Waals surface area contributed by atoms with Gasteiger partial charge in [0, 0.05) is 50.2 Å². The van der Waals surface area contributed by atoms with Crippen molar-refractivity contribution in [2.24, 2.45) is 0 Å². The normalized spacial score (nSPS) is 19.0. The maximum absolute atomic E-state index is 12.7. The Kier molecular flexibility index (Phi) is 5.34. The molecule has 1 atom stereocenters. The van der Waals surface area contributed by atoms with Gasteiger partial charge in [0.05, 0.1) is 12.8 Å². The summed E-state index contributed by atoms with van der Waals surface area (Å²) in [6.07, 6.45) is 5.02. The second-order valence-electron chi connectivity index (χ2n) is 7.27. The molecule has 1 aromatic heterocycles. The van der Waals surface area contributed by atoms with Crippen LogP contribution in [0.4, 0.5) is 0 Å². The van der Waals surface area contributed by atoms with Crippen LogP contribution in [0.5, 0.6) is 5.75 Å². The number of aryl methyl sites for hydroxylation is 1. The van der Waals surface area contributed by atoms with Crippen LogP contribution < -0.4 is 10.1 Å². The van der Waals surface area contributed by atoms with Crippen LogP contribution in [0.15, 0.2) is 30.5 Å². The minimum absolute atomic E-state index is 0.177. The molecule has 0 unspecified atom stereocenters. The van der Waals surface area contributed by atoms with E-state index >= 15 is 0 Å². The van der Waals surface area contributed by atoms with Crippen LogP contribution in [0.2, 0.25) is 0 Å². The third-order valence-electron chi connectivity index (χ3n) is 5.53. The summed E-state index contributed by atoms with van der Waals surface area (Å²) in [5.74, 6) is 2.40. The SMILES string of the molecule is COc1ccccc1CCC(=O)N1CCc2nc([C@@H]3CCNC3)ncc2C1. The van der Waals surface area contributed by atoms with Crippen molar-refractivity contribution in [2.75, 3.05) is 26.7 Å². The summed E-state index contributed by atoms with van der Waals surface area (Å²) in [6.45, 7) is 3.35. The van der Waals surface area contributed by atoms with E-state index in [0.717, 1.165) is 60.9 Å². The first-order chi connectivity index (χ1) is 13.2. The van der Waals surface area contributed by atoms with E-state index in [4.69, 9.17) is 9.72 Å². The lowest BCUT2D eigenvalue weighted by molar-refractivity contribution is -0.132. The molecule has 1 aromatic carbocycles. The molecule has 2 aliphatic rings. The van der Waals surface area contributed by atoms with Crippen molar-refractivity contribution in [3.05, 3.63) is 53.1 Å². The van der Waals surface area contributed by atoms with Crippen LogP contribution in [0, 0.1) is 0 Å². The van der Waals surface area contributed by atoms with Gasteiger partial charge >= 0.3 is 0 Å². The lowest BCUT2D eigenvalue weighted by Crippen LogP contribution is -2.36. The average molecular weight is 366 g/mol. The molecule has 0 spiro atoms. The summed E-state index contributed by atoms with van der Waals surface area (Å²) in [7, 11) is 1.66. The predicted molar refractivity (Wildman–Crippen MR) is 103 cm³/mol. The fourth-order valence-electron chi connectivity index (χ4n) is 3.93. The van der Waals surface area contributed by atoms with Gasteiger partial charge in [-0.1, -0.05) is 18.2 Å². The number of hydrogen-bond donors (Lipinski definition) is 1. The second kappa shape index (κ2) is 8.05. The highest BCUT2D eigenvalue weighted by Crippen LogP contribution is 2.24. The number of fused-ring (bicyclic) bond motifs is 1. The molecule has 2 aromatic rings. The highest BCUT2D eigenvalue weighted by molar-refractivity contribution is 5.76. The van der Waals surface area contributed by atoms with E-state index in [1.54, 1.807) is 7.11 Å². The number of para-hydroxylation sites is 1. The van der Waals surface area contributed by atoms with E-state index in [-0.39, 0.29) is 5.91 Å². The molecular formula is C21H26N4O2. The van der Waals surface area contributed by atoms with Crippen LogP contribution in [-0.2, 0) is 24.2 Å². The highest BCUT2D eigenvalue weighted by atomic mass is 16.5. The maximum atomic E-state index is 12.7. The Morgan fingerprint density at radius 3 is 3.07 bits per heavy atom. The maximum Gasteiger partial charge on any atom is 0.223 e. The first-order valence-corrected chi connectivity index (χ1v) is 9.69. The summed E-state index contributed by atoms with van der Waals surface area (Å²) >= 11 is 0. The number of amides is 1. The summed E-state index contributed by atoms with van der Waals surface area (Å²) in [6, 6.07) is 7.88. The van der Waals surface area contributed by atoms with E-state index in [1.165, 1.54) is 0 Å². The minimum Gasteiger partial charge on any atom is -0.496 e. The highest BCUT2D eigenvalue weighted by Gasteiger charge is 2.25. The summed E-state index contributed by atoms with van der Waals surface area (Å²) in [4.78, 5) is 24.0. The molecule has 0 aliphatic carbocycles. The van der Waals surface area contributed by atoms with Crippen LogP contribution >= 0.6 is 0 Å². The van der Waals surface area contributed by atoms with Crippen molar-refractivity contribution >= 4 is 5.91 Å². The van der Waals surface area contributed by atoms with Gasteiger partial charge in [-0.05, 0) is 31.0 Å². The number of methoxy groups -OCH3 is 1. The molecule has 142 valence electrons. The van der Waals surface area contributed by atoms with Gasteiger partial charge in [-0.15, -0.1) is 0 Å². The molecule has 27 heavy (non-hydrogen) atoms. The predicted octanol–water partition coefficient (Wildman–Crippen LogP) is 2.08.